The number of nitrogens with one attached hydrogen (secondary N) is 1. The molecule has 6 heteroatoms. The Morgan fingerprint density at radius 2 is 1.77 bits per heavy atom. The molecule has 6 nitrogen and oxygen atoms in total. The predicted octanol–water partition coefficient (Wildman–Crippen LogP) is 3.40. The van der Waals surface area contributed by atoms with Gasteiger partial charge in [0.1, 0.15) is 23.7 Å². The lowest BCUT2D eigenvalue weighted by molar-refractivity contribution is 0.0915. The Hall–Kier alpha value is -2.99. The molecule has 136 valence electrons. The summed E-state index contributed by atoms with van der Waals surface area (Å²) in [6.07, 6.45) is 0. The van der Waals surface area contributed by atoms with Crippen LogP contribution >= 0.6 is 0 Å². The van der Waals surface area contributed by atoms with Crippen molar-refractivity contribution in [3.8, 4) is 11.5 Å². The van der Waals surface area contributed by atoms with Gasteiger partial charge in [-0.05, 0) is 30.3 Å². The Morgan fingerprint density at radius 1 is 1.04 bits per heavy atom. The zero-order chi connectivity index (χ0) is 18.4. The number of hydrogen-bond donors (Lipinski definition) is 1. The van der Waals surface area contributed by atoms with Gasteiger partial charge in [0.2, 0.25) is 0 Å². The normalized spacial score (nSPS) is 10.7. The average Bonchev–Trinajstić information content (AvgIpc) is 3.05. The molecule has 0 saturated heterocycles. The number of ether oxygens (including phenoxy) is 3. The second-order valence-electron chi connectivity index (χ2n) is 5.62. The molecule has 3 aromatic rings. The number of amides is 1. The number of fused-ring (bicyclic) bond motifs is 1. The van der Waals surface area contributed by atoms with Crippen molar-refractivity contribution in [3.63, 3.8) is 0 Å². The van der Waals surface area contributed by atoms with Crippen molar-refractivity contribution in [2.45, 2.75) is 6.61 Å². The topological polar surface area (TPSA) is 69.9 Å². The highest BCUT2D eigenvalue weighted by Crippen LogP contribution is 2.26. The lowest BCUT2D eigenvalue weighted by Gasteiger charge is -2.08. The summed E-state index contributed by atoms with van der Waals surface area (Å²) in [6.45, 7) is 1.01. The zero-order valence-corrected chi connectivity index (χ0v) is 14.8. The van der Waals surface area contributed by atoms with Crippen LogP contribution in [0.5, 0.6) is 11.5 Å². The largest absolute Gasteiger partial charge is 0.497 e. The van der Waals surface area contributed by atoms with Crippen LogP contribution in [0.1, 0.15) is 16.1 Å². The maximum atomic E-state index is 12.5. The molecule has 0 spiro atoms. The molecule has 2 aromatic carbocycles. The van der Waals surface area contributed by atoms with Crippen LogP contribution in [-0.2, 0) is 11.3 Å². The van der Waals surface area contributed by atoms with E-state index in [1.165, 1.54) is 0 Å². The van der Waals surface area contributed by atoms with E-state index in [4.69, 9.17) is 18.6 Å². The highest BCUT2D eigenvalue weighted by Gasteiger charge is 2.19. The minimum atomic E-state index is -0.286. The highest BCUT2D eigenvalue weighted by molar-refractivity contribution is 5.99. The number of furan rings is 1. The second kappa shape index (κ2) is 8.40. The summed E-state index contributed by atoms with van der Waals surface area (Å²) in [5.41, 5.74) is 1.41. The van der Waals surface area contributed by atoms with Gasteiger partial charge in [0.25, 0.3) is 5.91 Å². The van der Waals surface area contributed by atoms with Gasteiger partial charge in [-0.2, -0.15) is 0 Å². The summed E-state index contributed by atoms with van der Waals surface area (Å²) < 4.78 is 21.6. The predicted molar refractivity (Wildman–Crippen MR) is 97.7 cm³/mol. The van der Waals surface area contributed by atoms with E-state index in [-0.39, 0.29) is 11.7 Å². The van der Waals surface area contributed by atoms with Gasteiger partial charge in [0.05, 0.1) is 20.3 Å². The first-order chi connectivity index (χ1) is 12.7. The molecule has 0 aliphatic heterocycles. The standard InChI is InChI=1S/C20H21NO5/c1-23-13-17-16-5-3-4-6-18(16)26-19(17)20(22)21-11-12-25-15-9-7-14(24-2)8-10-15/h3-10H,11-13H2,1-2H3,(H,21,22). The number of benzene rings is 2. The minimum absolute atomic E-state index is 0.275. The number of methoxy groups -OCH3 is 2. The van der Waals surface area contributed by atoms with Gasteiger partial charge in [0, 0.05) is 18.1 Å². The Bertz CT molecular complexity index is 870. The molecule has 1 aromatic heterocycles. The van der Waals surface area contributed by atoms with Gasteiger partial charge in [-0.15, -0.1) is 0 Å². The van der Waals surface area contributed by atoms with E-state index in [1.54, 1.807) is 14.2 Å². The number of rotatable bonds is 8. The summed E-state index contributed by atoms with van der Waals surface area (Å²) in [7, 11) is 3.20. The van der Waals surface area contributed by atoms with E-state index in [1.807, 2.05) is 48.5 Å². The van der Waals surface area contributed by atoms with Gasteiger partial charge in [-0.1, -0.05) is 18.2 Å². The van der Waals surface area contributed by atoms with Gasteiger partial charge in [-0.25, -0.2) is 0 Å². The SMILES string of the molecule is COCc1c(C(=O)NCCOc2ccc(OC)cc2)oc2ccccc12. The molecule has 0 saturated carbocycles. The zero-order valence-electron chi connectivity index (χ0n) is 14.8. The molecule has 1 N–H and O–H groups in total. The Morgan fingerprint density at radius 3 is 2.50 bits per heavy atom. The number of hydrogen-bond acceptors (Lipinski definition) is 5. The molecule has 0 aliphatic carbocycles. The summed E-state index contributed by atoms with van der Waals surface area (Å²) >= 11 is 0. The molecular weight excluding hydrogens is 334 g/mol. The van der Waals surface area contributed by atoms with E-state index in [0.717, 1.165) is 16.7 Å². The highest BCUT2D eigenvalue weighted by atomic mass is 16.5. The molecule has 0 bridgehead atoms. The molecule has 1 amide bonds. The van der Waals surface area contributed by atoms with Gasteiger partial charge in [-0.3, -0.25) is 4.79 Å². The lowest BCUT2D eigenvalue weighted by atomic mass is 10.1. The van der Waals surface area contributed by atoms with Crippen LogP contribution in [0.25, 0.3) is 11.0 Å². The van der Waals surface area contributed by atoms with Crippen LogP contribution in [0.15, 0.2) is 52.9 Å². The fraction of sp³-hybridized carbons (Fsp3) is 0.250. The molecule has 0 atom stereocenters. The summed E-state index contributed by atoms with van der Waals surface area (Å²) in [6, 6.07) is 14.8. The number of carbonyl (C=O) groups excluding carboxylic acids is 1. The van der Waals surface area contributed by atoms with Gasteiger partial charge < -0.3 is 23.9 Å². The first kappa shape index (κ1) is 17.8. The van der Waals surface area contributed by atoms with Gasteiger partial charge in [0.15, 0.2) is 5.76 Å². The average molecular weight is 355 g/mol. The summed E-state index contributed by atoms with van der Waals surface area (Å²) in [4.78, 5) is 12.5. The van der Waals surface area contributed by atoms with Crippen molar-refractivity contribution in [2.75, 3.05) is 27.4 Å². The third-order valence-corrected chi connectivity index (χ3v) is 3.91. The molecule has 1 heterocycles. The second-order valence-corrected chi connectivity index (χ2v) is 5.62. The molecule has 0 radical (unpaired) electrons. The molecule has 0 unspecified atom stereocenters. The van der Waals surface area contributed by atoms with E-state index in [0.29, 0.717) is 31.1 Å². The first-order valence-corrected chi connectivity index (χ1v) is 8.27. The van der Waals surface area contributed by atoms with E-state index < -0.39 is 0 Å². The smallest absolute Gasteiger partial charge is 0.287 e. The first-order valence-electron chi connectivity index (χ1n) is 8.27. The van der Waals surface area contributed by atoms with Crippen molar-refractivity contribution in [1.82, 2.24) is 5.32 Å². The maximum Gasteiger partial charge on any atom is 0.287 e. The van der Waals surface area contributed by atoms with Crippen molar-refractivity contribution in [2.24, 2.45) is 0 Å². The number of para-hydroxylation sites is 1. The van der Waals surface area contributed by atoms with E-state index in [9.17, 15) is 4.79 Å². The van der Waals surface area contributed by atoms with Gasteiger partial charge >= 0.3 is 0 Å². The molecule has 26 heavy (non-hydrogen) atoms. The van der Waals surface area contributed by atoms with Crippen LogP contribution in [0.3, 0.4) is 0 Å². The van der Waals surface area contributed by atoms with Crippen molar-refractivity contribution in [3.05, 3.63) is 59.9 Å². The third-order valence-electron chi connectivity index (χ3n) is 3.91. The van der Waals surface area contributed by atoms with Crippen molar-refractivity contribution in [1.29, 1.82) is 0 Å². The van der Waals surface area contributed by atoms with Crippen LogP contribution in [0, 0.1) is 0 Å². The Labute approximate surface area is 151 Å². The molecule has 3 rings (SSSR count). The van der Waals surface area contributed by atoms with Crippen LogP contribution in [-0.4, -0.2) is 33.3 Å². The fourth-order valence-electron chi connectivity index (χ4n) is 2.66. The summed E-state index contributed by atoms with van der Waals surface area (Å²) in [5.74, 6) is 1.47. The monoisotopic (exact) mass is 355 g/mol. The Kier molecular flexibility index (Phi) is 5.76. The Balaban J connectivity index is 1.59. The molecule has 0 fully saturated rings. The minimum Gasteiger partial charge on any atom is -0.497 e. The third kappa shape index (κ3) is 3.97. The maximum absolute atomic E-state index is 12.5. The van der Waals surface area contributed by atoms with E-state index >= 15 is 0 Å². The van der Waals surface area contributed by atoms with Crippen LogP contribution in [0.2, 0.25) is 0 Å². The van der Waals surface area contributed by atoms with Crippen molar-refractivity contribution >= 4 is 16.9 Å². The quantitative estimate of drug-likeness (QED) is 0.627. The lowest BCUT2D eigenvalue weighted by Crippen LogP contribution is -2.28. The van der Waals surface area contributed by atoms with Crippen LogP contribution < -0.4 is 14.8 Å². The molecular formula is C20H21NO5. The molecule has 0 aliphatic rings. The number of carbonyl (C=O) groups is 1. The van der Waals surface area contributed by atoms with E-state index in [2.05, 4.69) is 5.32 Å². The summed E-state index contributed by atoms with van der Waals surface area (Å²) in [5, 5.41) is 3.70. The van der Waals surface area contributed by atoms with Crippen molar-refractivity contribution < 1.29 is 23.4 Å². The van der Waals surface area contributed by atoms with Crippen LogP contribution in [0.4, 0.5) is 0 Å². The fourth-order valence-corrected chi connectivity index (χ4v) is 2.66.